The summed E-state index contributed by atoms with van der Waals surface area (Å²) in [6, 6.07) is 16.2. The van der Waals surface area contributed by atoms with E-state index >= 15 is 0 Å². The molecule has 0 radical (unpaired) electrons. The van der Waals surface area contributed by atoms with Crippen molar-refractivity contribution in [1.82, 2.24) is 25.0 Å². The SMILES string of the molecule is Cn1ncc(CN2CCC(NC(=O)c3ccc(-c4cccc(F)c4)nc3)CC2)c1-c1ccc(F)cc1. The Kier molecular flexibility index (Phi) is 6.86. The van der Waals surface area contributed by atoms with Crippen LogP contribution in [0.2, 0.25) is 0 Å². The van der Waals surface area contributed by atoms with Crippen molar-refractivity contribution in [2.24, 2.45) is 7.05 Å². The molecule has 8 heteroatoms. The Labute approximate surface area is 208 Å². The van der Waals surface area contributed by atoms with Crippen LogP contribution >= 0.6 is 0 Å². The summed E-state index contributed by atoms with van der Waals surface area (Å²) < 4.78 is 28.7. The molecule has 0 saturated carbocycles. The Morgan fingerprint density at radius 1 is 0.972 bits per heavy atom. The number of nitrogens with one attached hydrogen (secondary N) is 1. The lowest BCUT2D eigenvalue weighted by Crippen LogP contribution is -2.44. The van der Waals surface area contributed by atoms with E-state index in [-0.39, 0.29) is 23.6 Å². The molecule has 184 valence electrons. The maximum atomic E-state index is 13.5. The first-order chi connectivity index (χ1) is 17.5. The number of carbonyl (C=O) groups is 1. The quantitative estimate of drug-likeness (QED) is 0.424. The number of nitrogens with zero attached hydrogens (tertiary/aromatic N) is 4. The fourth-order valence-electron chi connectivity index (χ4n) is 4.67. The lowest BCUT2D eigenvalue weighted by molar-refractivity contribution is 0.0908. The smallest absolute Gasteiger partial charge is 0.253 e. The van der Waals surface area contributed by atoms with Crippen molar-refractivity contribution in [1.29, 1.82) is 0 Å². The van der Waals surface area contributed by atoms with E-state index in [4.69, 9.17) is 0 Å². The third-order valence-corrected chi connectivity index (χ3v) is 6.60. The number of pyridine rings is 1. The van der Waals surface area contributed by atoms with Crippen LogP contribution in [0.4, 0.5) is 8.78 Å². The van der Waals surface area contributed by atoms with Crippen LogP contribution in [0.1, 0.15) is 28.8 Å². The van der Waals surface area contributed by atoms with E-state index < -0.39 is 0 Å². The molecule has 0 spiro atoms. The predicted octanol–water partition coefficient (Wildman–Crippen LogP) is 4.82. The number of hydrogen-bond acceptors (Lipinski definition) is 4. The van der Waals surface area contributed by atoms with Gasteiger partial charge >= 0.3 is 0 Å². The van der Waals surface area contributed by atoms with E-state index in [0.29, 0.717) is 16.8 Å². The molecule has 1 N–H and O–H groups in total. The number of halogens is 2. The van der Waals surface area contributed by atoms with Crippen molar-refractivity contribution < 1.29 is 13.6 Å². The monoisotopic (exact) mass is 487 g/mol. The minimum absolute atomic E-state index is 0.0853. The molecule has 0 aliphatic carbocycles. The highest BCUT2D eigenvalue weighted by atomic mass is 19.1. The van der Waals surface area contributed by atoms with Gasteiger partial charge in [0.1, 0.15) is 11.6 Å². The summed E-state index contributed by atoms with van der Waals surface area (Å²) in [6.45, 7) is 2.44. The number of amides is 1. The second-order valence-corrected chi connectivity index (χ2v) is 9.12. The maximum Gasteiger partial charge on any atom is 0.253 e. The van der Waals surface area contributed by atoms with Gasteiger partial charge in [-0.2, -0.15) is 5.10 Å². The molecule has 6 nitrogen and oxygen atoms in total. The number of aryl methyl sites for hydroxylation is 1. The molecule has 1 saturated heterocycles. The Hall–Kier alpha value is -3.91. The fraction of sp³-hybridized carbons (Fsp3) is 0.250. The summed E-state index contributed by atoms with van der Waals surface area (Å²) >= 11 is 0. The number of aromatic nitrogens is 3. The molecule has 2 aromatic carbocycles. The molecule has 2 aromatic heterocycles. The average Bonchev–Trinajstić information content (AvgIpc) is 3.25. The van der Waals surface area contributed by atoms with Gasteiger partial charge in [0.15, 0.2) is 0 Å². The predicted molar refractivity (Wildman–Crippen MR) is 134 cm³/mol. The highest BCUT2D eigenvalue weighted by Crippen LogP contribution is 2.26. The molecule has 1 fully saturated rings. The van der Waals surface area contributed by atoms with E-state index in [2.05, 4.69) is 20.3 Å². The summed E-state index contributed by atoms with van der Waals surface area (Å²) in [7, 11) is 1.89. The van der Waals surface area contributed by atoms with Gasteiger partial charge in [0, 0.05) is 55.6 Å². The average molecular weight is 488 g/mol. The zero-order valence-electron chi connectivity index (χ0n) is 20.0. The van der Waals surface area contributed by atoms with Crippen molar-refractivity contribution in [3.05, 3.63) is 95.8 Å². The molecule has 1 aliphatic heterocycles. The second-order valence-electron chi connectivity index (χ2n) is 9.12. The molecule has 36 heavy (non-hydrogen) atoms. The molecule has 4 aromatic rings. The van der Waals surface area contributed by atoms with Gasteiger partial charge in [0.25, 0.3) is 5.91 Å². The third kappa shape index (κ3) is 5.33. The fourth-order valence-corrected chi connectivity index (χ4v) is 4.67. The zero-order chi connectivity index (χ0) is 25.1. The van der Waals surface area contributed by atoms with Crippen LogP contribution in [0, 0.1) is 11.6 Å². The first kappa shape index (κ1) is 23.8. The number of piperidine rings is 1. The summed E-state index contributed by atoms with van der Waals surface area (Å²) in [5.74, 6) is -0.736. The molecule has 5 rings (SSSR count). The van der Waals surface area contributed by atoms with Crippen LogP contribution in [-0.4, -0.2) is 44.7 Å². The Morgan fingerprint density at radius 3 is 2.44 bits per heavy atom. The highest BCUT2D eigenvalue weighted by Gasteiger charge is 2.23. The minimum atomic E-state index is -0.322. The van der Waals surface area contributed by atoms with Crippen LogP contribution in [0.3, 0.4) is 0 Å². The summed E-state index contributed by atoms with van der Waals surface area (Å²) in [4.78, 5) is 19.4. The van der Waals surface area contributed by atoms with Crippen LogP contribution in [0.15, 0.2) is 73.1 Å². The number of hydrogen-bond donors (Lipinski definition) is 1. The van der Waals surface area contributed by atoms with Crippen LogP contribution in [-0.2, 0) is 13.6 Å². The summed E-state index contributed by atoms with van der Waals surface area (Å²) in [6.07, 6.45) is 5.08. The summed E-state index contributed by atoms with van der Waals surface area (Å²) in [5, 5.41) is 7.53. The van der Waals surface area contributed by atoms with Crippen molar-refractivity contribution in [3.63, 3.8) is 0 Å². The standard InChI is InChI=1S/C28H27F2N5O/c1-34-27(19-5-8-23(29)9-6-19)22(17-32-34)18-35-13-11-25(12-14-35)33-28(36)21-7-10-26(31-16-21)20-3-2-4-24(30)15-20/h2-10,15-17,25H,11-14,18H2,1H3,(H,33,36). The van der Waals surface area contributed by atoms with Crippen molar-refractivity contribution in [2.75, 3.05) is 13.1 Å². The first-order valence-corrected chi connectivity index (χ1v) is 12.0. The van der Waals surface area contributed by atoms with Gasteiger partial charge in [-0.1, -0.05) is 12.1 Å². The Bertz CT molecular complexity index is 1340. The lowest BCUT2D eigenvalue weighted by atomic mass is 10.0. The van der Waals surface area contributed by atoms with Crippen LogP contribution in [0.25, 0.3) is 22.5 Å². The van der Waals surface area contributed by atoms with Gasteiger partial charge in [0.05, 0.1) is 23.1 Å². The molecule has 3 heterocycles. The molecule has 1 amide bonds. The number of benzene rings is 2. The molecule has 0 atom stereocenters. The highest BCUT2D eigenvalue weighted by molar-refractivity contribution is 5.94. The molecule has 1 aliphatic rings. The third-order valence-electron chi connectivity index (χ3n) is 6.60. The maximum absolute atomic E-state index is 13.5. The molecule has 0 unspecified atom stereocenters. The van der Waals surface area contributed by atoms with Gasteiger partial charge in [-0.3, -0.25) is 19.4 Å². The van der Waals surface area contributed by atoms with Crippen molar-refractivity contribution in [2.45, 2.75) is 25.4 Å². The van der Waals surface area contributed by atoms with Crippen LogP contribution < -0.4 is 5.32 Å². The van der Waals surface area contributed by atoms with E-state index in [1.165, 1.54) is 30.5 Å². The van der Waals surface area contributed by atoms with Gasteiger partial charge in [-0.15, -0.1) is 0 Å². The van der Waals surface area contributed by atoms with E-state index in [0.717, 1.165) is 49.3 Å². The van der Waals surface area contributed by atoms with Crippen LogP contribution in [0.5, 0.6) is 0 Å². The minimum Gasteiger partial charge on any atom is -0.349 e. The Morgan fingerprint density at radius 2 is 1.75 bits per heavy atom. The van der Waals surface area contributed by atoms with Gasteiger partial charge in [-0.05, 0) is 61.4 Å². The zero-order valence-corrected chi connectivity index (χ0v) is 20.0. The normalized spacial score (nSPS) is 14.6. The van der Waals surface area contributed by atoms with Crippen molar-refractivity contribution in [3.8, 4) is 22.5 Å². The van der Waals surface area contributed by atoms with Crippen molar-refractivity contribution >= 4 is 5.91 Å². The van der Waals surface area contributed by atoms with E-state index in [1.807, 2.05) is 17.9 Å². The summed E-state index contributed by atoms with van der Waals surface area (Å²) in [5.41, 5.74) is 4.79. The van der Waals surface area contributed by atoms with Gasteiger partial charge in [-0.25, -0.2) is 8.78 Å². The number of rotatable bonds is 6. The second kappa shape index (κ2) is 10.4. The topological polar surface area (TPSA) is 63.1 Å². The molecule has 0 bridgehead atoms. The molecular formula is C28H27F2N5O. The lowest BCUT2D eigenvalue weighted by Gasteiger charge is -2.32. The molecular weight excluding hydrogens is 460 g/mol. The van der Waals surface area contributed by atoms with Gasteiger partial charge in [0.2, 0.25) is 0 Å². The van der Waals surface area contributed by atoms with E-state index in [9.17, 15) is 13.6 Å². The Balaban J connectivity index is 1.16. The number of carbonyl (C=O) groups excluding carboxylic acids is 1. The van der Waals surface area contributed by atoms with Gasteiger partial charge < -0.3 is 5.32 Å². The van der Waals surface area contributed by atoms with E-state index in [1.54, 1.807) is 36.4 Å². The number of likely N-dealkylation sites (tertiary alicyclic amines) is 1. The largest absolute Gasteiger partial charge is 0.349 e. The first-order valence-electron chi connectivity index (χ1n) is 12.0.